The summed E-state index contributed by atoms with van der Waals surface area (Å²) in [7, 11) is 0. The molecular weight excluding hydrogens is 227 g/mol. The molecule has 0 spiro atoms. The summed E-state index contributed by atoms with van der Waals surface area (Å²) >= 11 is 0. The van der Waals surface area contributed by atoms with Crippen LogP contribution in [0.25, 0.3) is 0 Å². The van der Waals surface area contributed by atoms with Gasteiger partial charge in [-0.15, -0.1) is 0 Å². The minimum Gasteiger partial charge on any atom is -0.307 e. The van der Waals surface area contributed by atoms with E-state index in [1.54, 1.807) is 0 Å². The lowest BCUT2D eigenvalue weighted by molar-refractivity contribution is -0.137. The molecule has 0 saturated heterocycles. The van der Waals surface area contributed by atoms with E-state index in [-0.39, 0.29) is 5.54 Å². The van der Waals surface area contributed by atoms with Gasteiger partial charge in [0, 0.05) is 12.1 Å². The van der Waals surface area contributed by atoms with Gasteiger partial charge in [-0.1, -0.05) is 12.1 Å². The van der Waals surface area contributed by atoms with Crippen molar-refractivity contribution in [3.8, 4) is 0 Å². The fraction of sp³-hybridized carbons (Fsp3) is 0.538. The summed E-state index contributed by atoms with van der Waals surface area (Å²) in [5.41, 5.74) is 0.491. The number of alkyl halides is 3. The van der Waals surface area contributed by atoms with E-state index >= 15 is 0 Å². The van der Waals surface area contributed by atoms with E-state index in [4.69, 9.17) is 0 Å². The molecule has 0 atom stereocenters. The molecule has 1 aromatic rings. The summed E-state index contributed by atoms with van der Waals surface area (Å²) in [6, 6.07) is 5.36. The lowest BCUT2D eigenvalue weighted by atomic mass is 9.78. The standard InChI is InChI=1S/C13H16F3N/c1-12(7-2-8-12)17-9-10-3-5-11(6-4-10)13(14,15)16/h3-6,17H,2,7-9H2,1H3. The lowest BCUT2D eigenvalue weighted by Gasteiger charge is -2.39. The van der Waals surface area contributed by atoms with Crippen molar-refractivity contribution < 1.29 is 13.2 Å². The zero-order chi connectivity index (χ0) is 12.5. The molecule has 0 heterocycles. The molecule has 0 aliphatic heterocycles. The molecule has 1 aromatic carbocycles. The fourth-order valence-corrected chi connectivity index (χ4v) is 2.01. The number of benzene rings is 1. The maximum Gasteiger partial charge on any atom is 0.416 e. The molecule has 1 fully saturated rings. The monoisotopic (exact) mass is 243 g/mol. The average molecular weight is 243 g/mol. The van der Waals surface area contributed by atoms with Crippen LogP contribution in [0.5, 0.6) is 0 Å². The van der Waals surface area contributed by atoms with Crippen molar-refractivity contribution in [1.29, 1.82) is 0 Å². The Morgan fingerprint density at radius 3 is 2.18 bits per heavy atom. The minimum atomic E-state index is -4.24. The lowest BCUT2D eigenvalue weighted by Crippen LogP contribution is -2.47. The van der Waals surface area contributed by atoms with Gasteiger partial charge in [0.25, 0.3) is 0 Å². The number of rotatable bonds is 3. The Morgan fingerprint density at radius 1 is 1.18 bits per heavy atom. The summed E-state index contributed by atoms with van der Waals surface area (Å²) in [6.07, 6.45) is -0.719. The average Bonchev–Trinajstić information content (AvgIpc) is 2.23. The van der Waals surface area contributed by atoms with Crippen LogP contribution in [0.1, 0.15) is 37.3 Å². The van der Waals surface area contributed by atoms with E-state index in [1.807, 2.05) is 0 Å². The van der Waals surface area contributed by atoms with E-state index in [2.05, 4.69) is 12.2 Å². The molecule has 1 aliphatic rings. The third-order valence-electron chi connectivity index (χ3n) is 3.46. The van der Waals surface area contributed by atoms with Gasteiger partial charge in [-0.2, -0.15) is 13.2 Å². The predicted molar refractivity (Wildman–Crippen MR) is 60.5 cm³/mol. The quantitative estimate of drug-likeness (QED) is 0.852. The van der Waals surface area contributed by atoms with Crippen LogP contribution in [-0.2, 0) is 12.7 Å². The van der Waals surface area contributed by atoms with Gasteiger partial charge in [-0.3, -0.25) is 0 Å². The van der Waals surface area contributed by atoms with Gasteiger partial charge in [-0.05, 0) is 43.9 Å². The summed E-state index contributed by atoms with van der Waals surface area (Å²) in [4.78, 5) is 0. The van der Waals surface area contributed by atoms with Crippen LogP contribution in [0.15, 0.2) is 24.3 Å². The highest BCUT2D eigenvalue weighted by Gasteiger charge is 2.31. The zero-order valence-corrected chi connectivity index (χ0v) is 9.77. The molecule has 0 bridgehead atoms. The first-order chi connectivity index (χ1) is 7.89. The van der Waals surface area contributed by atoms with Crippen molar-refractivity contribution in [1.82, 2.24) is 5.32 Å². The Hall–Kier alpha value is -1.03. The number of hydrogen-bond donors (Lipinski definition) is 1. The van der Waals surface area contributed by atoms with Crippen molar-refractivity contribution in [3.63, 3.8) is 0 Å². The molecule has 1 nitrogen and oxygen atoms in total. The first-order valence-corrected chi connectivity index (χ1v) is 5.80. The molecule has 1 N–H and O–H groups in total. The second-order valence-corrected chi connectivity index (χ2v) is 4.96. The van der Waals surface area contributed by atoms with Crippen molar-refractivity contribution in [2.24, 2.45) is 0 Å². The van der Waals surface area contributed by atoms with E-state index in [1.165, 1.54) is 18.6 Å². The van der Waals surface area contributed by atoms with Gasteiger partial charge in [0.2, 0.25) is 0 Å². The van der Waals surface area contributed by atoms with Crippen molar-refractivity contribution in [2.75, 3.05) is 0 Å². The predicted octanol–water partition coefficient (Wildman–Crippen LogP) is 3.74. The Morgan fingerprint density at radius 2 is 1.76 bits per heavy atom. The molecule has 4 heteroatoms. The van der Waals surface area contributed by atoms with Gasteiger partial charge in [0.05, 0.1) is 5.56 Å². The van der Waals surface area contributed by atoms with Crippen LogP contribution in [0.3, 0.4) is 0 Å². The number of nitrogens with one attached hydrogen (secondary N) is 1. The molecule has 94 valence electrons. The molecule has 0 amide bonds. The summed E-state index contributed by atoms with van der Waals surface area (Å²) in [6.45, 7) is 2.79. The summed E-state index contributed by atoms with van der Waals surface area (Å²) < 4.78 is 37.0. The number of hydrogen-bond acceptors (Lipinski definition) is 1. The van der Waals surface area contributed by atoms with Crippen LogP contribution in [-0.4, -0.2) is 5.54 Å². The third kappa shape index (κ3) is 3.00. The second-order valence-electron chi connectivity index (χ2n) is 4.96. The second kappa shape index (κ2) is 4.33. The van der Waals surface area contributed by atoms with Crippen LogP contribution in [0, 0.1) is 0 Å². The van der Waals surface area contributed by atoms with Crippen LogP contribution >= 0.6 is 0 Å². The Kier molecular flexibility index (Phi) is 3.17. The normalized spacial score (nSPS) is 18.8. The Bertz CT molecular complexity index is 377. The van der Waals surface area contributed by atoms with Crippen molar-refractivity contribution >= 4 is 0 Å². The SMILES string of the molecule is CC1(NCc2ccc(C(F)(F)F)cc2)CCC1. The van der Waals surface area contributed by atoms with E-state index in [0.29, 0.717) is 6.54 Å². The Labute approximate surface area is 99.0 Å². The van der Waals surface area contributed by atoms with E-state index < -0.39 is 11.7 Å². The molecule has 0 aromatic heterocycles. The maximum absolute atomic E-state index is 12.3. The van der Waals surface area contributed by atoms with Gasteiger partial charge in [0.1, 0.15) is 0 Å². The van der Waals surface area contributed by atoms with E-state index in [9.17, 15) is 13.2 Å². The van der Waals surface area contributed by atoms with Crippen LogP contribution in [0.4, 0.5) is 13.2 Å². The molecule has 0 radical (unpaired) electrons. The van der Waals surface area contributed by atoms with Gasteiger partial charge < -0.3 is 5.32 Å². The highest BCUT2D eigenvalue weighted by molar-refractivity contribution is 5.24. The summed E-state index contributed by atoms with van der Waals surface area (Å²) in [5, 5.41) is 3.39. The maximum atomic E-state index is 12.3. The molecule has 1 saturated carbocycles. The molecule has 0 unspecified atom stereocenters. The van der Waals surface area contributed by atoms with Gasteiger partial charge >= 0.3 is 6.18 Å². The van der Waals surface area contributed by atoms with Crippen LogP contribution < -0.4 is 5.32 Å². The van der Waals surface area contributed by atoms with Crippen LogP contribution in [0.2, 0.25) is 0 Å². The molecule has 1 aliphatic carbocycles. The van der Waals surface area contributed by atoms with Crippen molar-refractivity contribution in [2.45, 2.75) is 44.4 Å². The molecular formula is C13H16F3N. The number of halogens is 3. The smallest absolute Gasteiger partial charge is 0.307 e. The third-order valence-corrected chi connectivity index (χ3v) is 3.46. The Balaban J connectivity index is 1.94. The first-order valence-electron chi connectivity index (χ1n) is 5.80. The molecule has 2 rings (SSSR count). The van der Waals surface area contributed by atoms with Gasteiger partial charge in [0.15, 0.2) is 0 Å². The van der Waals surface area contributed by atoms with Gasteiger partial charge in [-0.25, -0.2) is 0 Å². The van der Waals surface area contributed by atoms with E-state index in [0.717, 1.165) is 30.5 Å². The molecule has 17 heavy (non-hydrogen) atoms. The first kappa shape index (κ1) is 12.4. The highest BCUT2D eigenvalue weighted by atomic mass is 19.4. The van der Waals surface area contributed by atoms with Crippen molar-refractivity contribution in [3.05, 3.63) is 35.4 Å². The highest BCUT2D eigenvalue weighted by Crippen LogP contribution is 2.32. The summed E-state index contributed by atoms with van der Waals surface area (Å²) in [5.74, 6) is 0. The minimum absolute atomic E-state index is 0.183. The fourth-order valence-electron chi connectivity index (χ4n) is 2.01. The zero-order valence-electron chi connectivity index (χ0n) is 9.77. The largest absolute Gasteiger partial charge is 0.416 e. The topological polar surface area (TPSA) is 12.0 Å².